The minimum atomic E-state index is -0.216. The van der Waals surface area contributed by atoms with E-state index in [1.54, 1.807) is 40.3 Å². The van der Waals surface area contributed by atoms with E-state index in [-0.39, 0.29) is 24.4 Å². The highest BCUT2D eigenvalue weighted by atomic mass is 35.5. The number of rotatable bonds is 8. The van der Waals surface area contributed by atoms with E-state index < -0.39 is 0 Å². The first-order chi connectivity index (χ1) is 15.0. The van der Waals surface area contributed by atoms with Crippen LogP contribution in [0.1, 0.15) is 34.5 Å². The van der Waals surface area contributed by atoms with Crippen LogP contribution in [-0.4, -0.2) is 34.2 Å². The summed E-state index contributed by atoms with van der Waals surface area (Å²) in [6.07, 6.45) is 3.36. The number of carbonyl (C=O) groups excluding carboxylic acids is 2. The largest absolute Gasteiger partial charge is 0.467 e. The maximum Gasteiger partial charge on any atom is 0.254 e. The fourth-order valence-corrected chi connectivity index (χ4v) is 3.72. The third-order valence-corrected chi connectivity index (χ3v) is 5.96. The summed E-state index contributed by atoms with van der Waals surface area (Å²) in [5.41, 5.74) is 1.44. The van der Waals surface area contributed by atoms with Crippen LogP contribution in [0, 0.1) is 0 Å². The second-order valence-electron chi connectivity index (χ2n) is 7.61. The lowest BCUT2D eigenvalue weighted by Gasteiger charge is -2.27. The van der Waals surface area contributed by atoms with Crippen molar-refractivity contribution in [1.29, 1.82) is 0 Å². The fourth-order valence-electron chi connectivity index (χ4n) is 3.42. The molecule has 0 bridgehead atoms. The summed E-state index contributed by atoms with van der Waals surface area (Å²) in [5, 5.41) is 0.706. The highest BCUT2D eigenvalue weighted by molar-refractivity contribution is 6.42. The van der Waals surface area contributed by atoms with Gasteiger partial charge in [-0.15, -0.1) is 0 Å². The average Bonchev–Trinajstić information content (AvgIpc) is 3.49. The number of carbonyl (C=O) groups is 2. The maximum absolute atomic E-state index is 13.3. The summed E-state index contributed by atoms with van der Waals surface area (Å²) in [6.45, 7) is 0.761. The Hall–Kier alpha value is -2.76. The number of furan rings is 1. The monoisotopic (exact) mass is 456 g/mol. The zero-order valence-corrected chi connectivity index (χ0v) is 18.4. The predicted octanol–water partition coefficient (Wildman–Crippen LogP) is 5.42. The molecule has 1 fully saturated rings. The Morgan fingerprint density at radius 3 is 2.35 bits per heavy atom. The summed E-state index contributed by atoms with van der Waals surface area (Å²) in [5.74, 6) is 0.339. The topological polar surface area (TPSA) is 53.8 Å². The van der Waals surface area contributed by atoms with Crippen LogP contribution in [-0.2, 0) is 17.9 Å². The van der Waals surface area contributed by atoms with Crippen molar-refractivity contribution in [3.63, 3.8) is 0 Å². The van der Waals surface area contributed by atoms with Crippen molar-refractivity contribution in [3.8, 4) is 0 Å². The van der Waals surface area contributed by atoms with E-state index in [9.17, 15) is 9.59 Å². The highest BCUT2D eigenvalue weighted by Gasteiger charge is 2.35. The lowest BCUT2D eigenvalue weighted by molar-refractivity contribution is -0.133. The number of hydrogen-bond donors (Lipinski definition) is 0. The van der Waals surface area contributed by atoms with Gasteiger partial charge >= 0.3 is 0 Å². The second-order valence-corrected chi connectivity index (χ2v) is 8.42. The molecule has 1 aromatic heterocycles. The molecule has 3 aromatic rings. The molecule has 160 valence electrons. The lowest BCUT2D eigenvalue weighted by Crippen LogP contribution is -2.43. The molecule has 7 heteroatoms. The van der Waals surface area contributed by atoms with Crippen LogP contribution >= 0.6 is 23.2 Å². The van der Waals surface area contributed by atoms with Gasteiger partial charge in [0.2, 0.25) is 5.91 Å². The molecular weight excluding hydrogens is 435 g/mol. The summed E-state index contributed by atoms with van der Waals surface area (Å²) in [4.78, 5) is 29.8. The van der Waals surface area contributed by atoms with E-state index in [2.05, 4.69) is 0 Å². The molecule has 1 aliphatic rings. The van der Waals surface area contributed by atoms with Gasteiger partial charge in [0.25, 0.3) is 5.91 Å². The number of amides is 2. The SMILES string of the molecule is O=C(CN(C(=O)c1ccc(Cl)c(Cl)c1)C1CC1)N(Cc1ccccc1)Cc1ccco1. The Balaban J connectivity index is 1.53. The van der Waals surface area contributed by atoms with Gasteiger partial charge in [0.15, 0.2) is 0 Å². The molecule has 1 heterocycles. The molecule has 4 rings (SSSR count). The molecule has 0 saturated heterocycles. The molecule has 1 aliphatic carbocycles. The van der Waals surface area contributed by atoms with Crippen molar-refractivity contribution >= 4 is 35.0 Å². The Morgan fingerprint density at radius 2 is 1.71 bits per heavy atom. The molecule has 1 saturated carbocycles. The molecule has 5 nitrogen and oxygen atoms in total. The van der Waals surface area contributed by atoms with Crippen LogP contribution in [0.5, 0.6) is 0 Å². The van der Waals surface area contributed by atoms with Crippen LogP contribution in [0.2, 0.25) is 10.0 Å². The average molecular weight is 457 g/mol. The number of nitrogens with zero attached hydrogens (tertiary/aromatic N) is 2. The van der Waals surface area contributed by atoms with Crippen LogP contribution in [0.4, 0.5) is 0 Å². The molecule has 31 heavy (non-hydrogen) atoms. The van der Waals surface area contributed by atoms with Crippen molar-refractivity contribution in [2.24, 2.45) is 0 Å². The van der Waals surface area contributed by atoms with Gasteiger partial charge in [-0.3, -0.25) is 9.59 Å². The minimum absolute atomic E-state index is 0.00269. The number of benzene rings is 2. The highest BCUT2D eigenvalue weighted by Crippen LogP contribution is 2.30. The van der Waals surface area contributed by atoms with Gasteiger partial charge in [-0.2, -0.15) is 0 Å². The van der Waals surface area contributed by atoms with Gasteiger partial charge in [0.05, 0.1) is 22.9 Å². The van der Waals surface area contributed by atoms with Crippen molar-refractivity contribution < 1.29 is 14.0 Å². The van der Waals surface area contributed by atoms with Gasteiger partial charge in [-0.05, 0) is 48.7 Å². The van der Waals surface area contributed by atoms with Crippen LogP contribution in [0.25, 0.3) is 0 Å². The van der Waals surface area contributed by atoms with E-state index in [4.69, 9.17) is 27.6 Å². The molecular formula is C24H22Cl2N2O3. The van der Waals surface area contributed by atoms with E-state index in [0.717, 1.165) is 18.4 Å². The molecule has 0 radical (unpaired) electrons. The maximum atomic E-state index is 13.3. The van der Waals surface area contributed by atoms with Crippen LogP contribution in [0.15, 0.2) is 71.3 Å². The summed E-state index contributed by atoms with van der Waals surface area (Å²) in [7, 11) is 0. The van der Waals surface area contributed by atoms with Gasteiger partial charge in [0.1, 0.15) is 12.3 Å². The first-order valence-corrected chi connectivity index (χ1v) is 10.9. The zero-order chi connectivity index (χ0) is 21.8. The van der Waals surface area contributed by atoms with E-state index in [1.807, 2.05) is 36.4 Å². The van der Waals surface area contributed by atoms with E-state index >= 15 is 0 Å². The Morgan fingerprint density at radius 1 is 0.935 bits per heavy atom. The van der Waals surface area contributed by atoms with Gasteiger partial charge < -0.3 is 14.2 Å². The summed E-state index contributed by atoms with van der Waals surface area (Å²) >= 11 is 12.1. The Bertz CT molecular complexity index is 1050. The number of halogens is 2. The van der Waals surface area contributed by atoms with Gasteiger partial charge in [-0.1, -0.05) is 53.5 Å². The standard InChI is InChI=1S/C24H22Cl2N2O3/c25-21-11-8-18(13-22(21)26)24(30)28(19-9-10-19)16-23(29)27(15-20-7-4-12-31-20)14-17-5-2-1-3-6-17/h1-8,11-13,19H,9-10,14-16H2. The van der Waals surface area contributed by atoms with Crippen LogP contribution in [0.3, 0.4) is 0 Å². The Labute approximate surface area is 191 Å². The molecule has 2 aromatic carbocycles. The summed E-state index contributed by atoms with van der Waals surface area (Å²) in [6, 6.07) is 18.3. The second kappa shape index (κ2) is 9.58. The predicted molar refractivity (Wildman–Crippen MR) is 120 cm³/mol. The molecule has 0 unspecified atom stereocenters. The first kappa shape index (κ1) is 21.5. The quantitative estimate of drug-likeness (QED) is 0.454. The van der Waals surface area contributed by atoms with E-state index in [1.165, 1.54) is 0 Å². The number of hydrogen-bond acceptors (Lipinski definition) is 3. The lowest BCUT2D eigenvalue weighted by atomic mass is 10.2. The molecule has 0 aliphatic heterocycles. The molecule has 2 amide bonds. The van der Waals surface area contributed by atoms with Crippen molar-refractivity contribution in [1.82, 2.24) is 9.80 Å². The van der Waals surface area contributed by atoms with E-state index in [0.29, 0.717) is 34.5 Å². The van der Waals surface area contributed by atoms with Crippen molar-refractivity contribution in [2.45, 2.75) is 32.0 Å². The third-order valence-electron chi connectivity index (χ3n) is 5.22. The smallest absolute Gasteiger partial charge is 0.254 e. The fraction of sp³-hybridized carbons (Fsp3) is 0.250. The van der Waals surface area contributed by atoms with Crippen molar-refractivity contribution in [2.75, 3.05) is 6.54 Å². The molecule has 0 atom stereocenters. The minimum Gasteiger partial charge on any atom is -0.467 e. The normalized spacial score (nSPS) is 13.1. The van der Waals surface area contributed by atoms with Crippen molar-refractivity contribution in [3.05, 3.63) is 93.9 Å². The van der Waals surface area contributed by atoms with Gasteiger partial charge in [-0.25, -0.2) is 0 Å². The third kappa shape index (κ3) is 5.49. The van der Waals surface area contributed by atoms with Gasteiger partial charge in [0, 0.05) is 18.2 Å². The molecule has 0 N–H and O–H groups in total. The summed E-state index contributed by atoms with van der Waals surface area (Å²) < 4.78 is 5.46. The molecule has 0 spiro atoms. The first-order valence-electron chi connectivity index (χ1n) is 10.1. The Kier molecular flexibility index (Phi) is 6.64. The van der Waals surface area contributed by atoms with Crippen LogP contribution < -0.4 is 0 Å². The zero-order valence-electron chi connectivity index (χ0n) is 16.8.